The van der Waals surface area contributed by atoms with Crippen LogP contribution in [0, 0.1) is 0 Å². The number of anilines is 2. The monoisotopic (exact) mass is 581 g/mol. The minimum Gasteiger partial charge on any atom is -0.462 e. The summed E-state index contributed by atoms with van der Waals surface area (Å²) in [7, 11) is 0.879. The van der Waals surface area contributed by atoms with E-state index < -0.39 is 9.84 Å². The van der Waals surface area contributed by atoms with Gasteiger partial charge in [-0.25, -0.2) is 8.42 Å². The van der Waals surface area contributed by atoms with E-state index in [4.69, 9.17) is 26.3 Å². The van der Waals surface area contributed by atoms with Gasteiger partial charge in [-0.1, -0.05) is 42.4 Å². The van der Waals surface area contributed by atoms with Crippen LogP contribution < -0.4 is 14.5 Å². The fourth-order valence-corrected chi connectivity index (χ4v) is 7.81. The maximum Gasteiger partial charge on any atom is 0.318 e. The number of ether oxygens (including phenoxy) is 1. The molecular weight excluding hydrogens is 546 g/mol. The lowest BCUT2D eigenvalue weighted by Crippen LogP contribution is -2.49. The van der Waals surface area contributed by atoms with Gasteiger partial charge in [0, 0.05) is 47.7 Å². The van der Waals surface area contributed by atoms with Crippen molar-refractivity contribution in [1.82, 2.24) is 14.9 Å². The SMILES string of the molecule is C=CS(=O)(=O)[C@H]1C[C@H](N(C)c2nc(OC[C@@H]3CCCN3C)nc3c2CCN(c2cccc4cccc(Cl)c24)C3)C1. The first-order chi connectivity index (χ1) is 19.2. The van der Waals surface area contributed by atoms with Gasteiger partial charge in [0.1, 0.15) is 12.4 Å². The molecule has 1 saturated carbocycles. The Hall–Kier alpha value is -2.88. The lowest BCUT2D eigenvalue weighted by Gasteiger charge is -2.42. The normalized spacial score (nSPS) is 23.1. The van der Waals surface area contributed by atoms with E-state index in [2.05, 4.69) is 52.6 Å². The summed E-state index contributed by atoms with van der Waals surface area (Å²) in [5, 5.41) is 3.60. The standard InChI is InChI=1S/C30H36ClN5O3S/c1-4-40(37,38)23-16-22(17-23)35(3)29-24-13-15-36(27-12-6-9-20-8-5-11-25(31)28(20)27)18-26(24)32-30(33-29)39-19-21-10-7-14-34(21)2/h4-6,8-9,11-12,21-23H,1,7,10,13-19H2,2-3H3/t21-,22-,23-/m0/s1. The molecule has 212 valence electrons. The van der Waals surface area contributed by atoms with Crippen molar-refractivity contribution in [3.8, 4) is 6.01 Å². The van der Waals surface area contributed by atoms with Crippen molar-refractivity contribution >= 4 is 43.7 Å². The lowest BCUT2D eigenvalue weighted by molar-refractivity contribution is 0.187. The summed E-state index contributed by atoms with van der Waals surface area (Å²) < 4.78 is 30.8. The Morgan fingerprint density at radius 1 is 1.18 bits per heavy atom. The highest BCUT2D eigenvalue weighted by atomic mass is 35.5. The van der Waals surface area contributed by atoms with Crippen molar-refractivity contribution in [3.05, 3.63) is 64.7 Å². The average molecular weight is 582 g/mol. The minimum absolute atomic E-state index is 0.0856. The zero-order chi connectivity index (χ0) is 28.0. The van der Waals surface area contributed by atoms with E-state index in [1.165, 1.54) is 6.42 Å². The second kappa shape index (κ2) is 10.8. The maximum atomic E-state index is 12.3. The van der Waals surface area contributed by atoms with Gasteiger partial charge in [0.25, 0.3) is 0 Å². The van der Waals surface area contributed by atoms with Gasteiger partial charge in [0.2, 0.25) is 0 Å². The van der Waals surface area contributed by atoms with Gasteiger partial charge in [-0.05, 0) is 63.2 Å². The molecule has 2 fully saturated rings. The van der Waals surface area contributed by atoms with Crippen LogP contribution in [0.5, 0.6) is 6.01 Å². The molecule has 0 unspecified atom stereocenters. The number of likely N-dealkylation sites (N-methyl/N-ethyl adjacent to an activating group) is 1. The second-order valence-electron chi connectivity index (χ2n) is 11.2. The van der Waals surface area contributed by atoms with E-state index in [0.717, 1.165) is 69.9 Å². The first kappa shape index (κ1) is 27.3. The van der Waals surface area contributed by atoms with E-state index in [0.29, 0.717) is 38.0 Å². The number of nitrogens with zero attached hydrogens (tertiary/aromatic N) is 5. The van der Waals surface area contributed by atoms with Crippen LogP contribution in [0.25, 0.3) is 10.8 Å². The second-order valence-corrected chi connectivity index (χ2v) is 13.8. The summed E-state index contributed by atoms with van der Waals surface area (Å²) in [6, 6.07) is 13.1. The number of fused-ring (bicyclic) bond motifs is 2. The van der Waals surface area contributed by atoms with Crippen LogP contribution in [0.4, 0.5) is 11.5 Å². The summed E-state index contributed by atoms with van der Waals surface area (Å²) in [6.45, 7) is 6.52. The van der Waals surface area contributed by atoms with Crippen LogP contribution in [0.15, 0.2) is 48.4 Å². The van der Waals surface area contributed by atoms with Gasteiger partial charge in [0.15, 0.2) is 9.84 Å². The van der Waals surface area contributed by atoms with Crippen molar-refractivity contribution in [3.63, 3.8) is 0 Å². The highest BCUT2D eigenvalue weighted by Crippen LogP contribution is 2.39. The van der Waals surface area contributed by atoms with Crippen LogP contribution in [-0.4, -0.2) is 74.4 Å². The molecule has 6 rings (SSSR count). The quantitative estimate of drug-likeness (QED) is 0.374. The molecule has 1 aromatic heterocycles. The molecule has 2 aromatic carbocycles. The van der Waals surface area contributed by atoms with Crippen LogP contribution in [-0.2, 0) is 22.8 Å². The van der Waals surface area contributed by atoms with Gasteiger partial charge < -0.3 is 19.4 Å². The summed E-state index contributed by atoms with van der Waals surface area (Å²) in [5.74, 6) is 0.842. The molecule has 3 aliphatic rings. The van der Waals surface area contributed by atoms with Gasteiger partial charge in [-0.15, -0.1) is 0 Å². The largest absolute Gasteiger partial charge is 0.462 e. The number of likely N-dealkylation sites (tertiary alicyclic amines) is 1. The van der Waals surface area contributed by atoms with E-state index in [-0.39, 0.29) is 11.3 Å². The Morgan fingerprint density at radius 2 is 1.95 bits per heavy atom. The third kappa shape index (κ3) is 5.03. The van der Waals surface area contributed by atoms with E-state index in [9.17, 15) is 8.42 Å². The van der Waals surface area contributed by atoms with Gasteiger partial charge in [0.05, 0.1) is 22.5 Å². The predicted octanol–water partition coefficient (Wildman–Crippen LogP) is 4.84. The van der Waals surface area contributed by atoms with Gasteiger partial charge >= 0.3 is 6.01 Å². The molecule has 40 heavy (non-hydrogen) atoms. The van der Waals surface area contributed by atoms with Crippen molar-refractivity contribution in [2.75, 3.05) is 43.6 Å². The molecule has 1 atom stereocenters. The van der Waals surface area contributed by atoms with Gasteiger partial charge in [-0.3, -0.25) is 0 Å². The Bertz CT molecular complexity index is 1540. The molecular formula is C30H36ClN5O3S. The van der Waals surface area contributed by atoms with E-state index >= 15 is 0 Å². The highest BCUT2D eigenvalue weighted by molar-refractivity contribution is 7.94. The summed E-state index contributed by atoms with van der Waals surface area (Å²) in [6.07, 6.45) is 4.16. The number of halogens is 1. The van der Waals surface area contributed by atoms with Crippen molar-refractivity contribution in [2.45, 2.75) is 56.0 Å². The van der Waals surface area contributed by atoms with E-state index in [1.807, 2.05) is 19.2 Å². The number of hydrogen-bond acceptors (Lipinski definition) is 8. The fraction of sp³-hybridized carbons (Fsp3) is 0.467. The molecule has 8 nitrogen and oxygen atoms in total. The molecule has 3 aromatic rings. The average Bonchev–Trinajstić information content (AvgIpc) is 3.34. The highest BCUT2D eigenvalue weighted by Gasteiger charge is 2.41. The zero-order valence-electron chi connectivity index (χ0n) is 23.1. The van der Waals surface area contributed by atoms with Crippen LogP contribution in [0.3, 0.4) is 0 Å². The molecule has 0 bridgehead atoms. The number of aromatic nitrogens is 2. The van der Waals surface area contributed by atoms with Crippen molar-refractivity contribution in [2.24, 2.45) is 0 Å². The Kier molecular flexibility index (Phi) is 7.39. The topological polar surface area (TPSA) is 78.9 Å². The summed E-state index contributed by atoms with van der Waals surface area (Å²) in [4.78, 5) is 16.6. The van der Waals surface area contributed by atoms with Gasteiger partial charge in [-0.2, -0.15) is 9.97 Å². The Labute approximate surface area is 241 Å². The first-order valence-corrected chi connectivity index (χ1v) is 16.0. The number of rotatable bonds is 8. The molecule has 3 heterocycles. The third-order valence-corrected chi connectivity index (χ3v) is 11.0. The lowest BCUT2D eigenvalue weighted by atomic mass is 9.90. The third-order valence-electron chi connectivity index (χ3n) is 8.92. The predicted molar refractivity (Wildman–Crippen MR) is 161 cm³/mol. The number of hydrogen-bond donors (Lipinski definition) is 0. The summed E-state index contributed by atoms with van der Waals surface area (Å²) in [5.41, 5.74) is 3.13. The Morgan fingerprint density at radius 3 is 2.67 bits per heavy atom. The van der Waals surface area contributed by atoms with Crippen molar-refractivity contribution in [1.29, 1.82) is 0 Å². The van der Waals surface area contributed by atoms with Crippen LogP contribution in [0.1, 0.15) is 36.9 Å². The first-order valence-electron chi connectivity index (χ1n) is 14.0. The Balaban J connectivity index is 1.31. The van der Waals surface area contributed by atoms with Crippen LogP contribution >= 0.6 is 11.6 Å². The molecule has 10 heteroatoms. The molecule has 1 saturated heterocycles. The van der Waals surface area contributed by atoms with Crippen LogP contribution in [0.2, 0.25) is 5.02 Å². The molecule has 0 amide bonds. The molecule has 1 aliphatic carbocycles. The molecule has 2 aliphatic heterocycles. The smallest absolute Gasteiger partial charge is 0.318 e. The molecule has 0 radical (unpaired) electrons. The minimum atomic E-state index is -3.26. The molecule has 0 spiro atoms. The van der Waals surface area contributed by atoms with Crippen molar-refractivity contribution < 1.29 is 13.2 Å². The molecule has 0 N–H and O–H groups in total. The van der Waals surface area contributed by atoms with E-state index in [1.54, 1.807) is 0 Å². The zero-order valence-corrected chi connectivity index (χ0v) is 24.7. The number of benzene rings is 2. The maximum absolute atomic E-state index is 12.3. The fourth-order valence-electron chi connectivity index (χ4n) is 6.28. The number of sulfone groups is 1. The summed E-state index contributed by atoms with van der Waals surface area (Å²) >= 11 is 6.67.